The third-order valence-corrected chi connectivity index (χ3v) is 4.28. The lowest BCUT2D eigenvalue weighted by Crippen LogP contribution is -2.42. The third kappa shape index (κ3) is 8.64. The molecule has 0 fully saturated rings. The molecule has 5 N–H and O–H groups in total. The van der Waals surface area contributed by atoms with Crippen molar-refractivity contribution in [3.8, 4) is 5.75 Å². The number of amides is 1. The highest BCUT2D eigenvalue weighted by Gasteiger charge is 2.21. The van der Waals surface area contributed by atoms with Crippen molar-refractivity contribution in [2.45, 2.75) is 38.3 Å². The summed E-state index contributed by atoms with van der Waals surface area (Å²) in [5, 5.41) is 19.0. The largest absolute Gasteiger partial charge is 0.494 e. The van der Waals surface area contributed by atoms with E-state index in [1.54, 1.807) is 24.3 Å². The van der Waals surface area contributed by atoms with Gasteiger partial charge in [-0.25, -0.2) is 9.59 Å². The first-order valence-corrected chi connectivity index (χ1v) is 9.68. The van der Waals surface area contributed by atoms with E-state index in [1.807, 2.05) is 30.3 Å². The number of carbonyl (C=O) groups excluding carboxylic acids is 1. The maximum Gasteiger partial charge on any atom is 0.408 e. The summed E-state index contributed by atoms with van der Waals surface area (Å²) in [4.78, 5) is 23.5. The van der Waals surface area contributed by atoms with Gasteiger partial charge in [-0.15, -0.1) is 0 Å². The molecule has 0 heterocycles. The first-order valence-electron chi connectivity index (χ1n) is 9.68. The predicted molar refractivity (Wildman–Crippen MR) is 113 cm³/mol. The van der Waals surface area contributed by atoms with E-state index in [4.69, 9.17) is 20.6 Å². The van der Waals surface area contributed by atoms with E-state index in [2.05, 4.69) is 5.32 Å². The Morgan fingerprint density at radius 1 is 1.03 bits per heavy atom. The lowest BCUT2D eigenvalue weighted by atomic mass is 10.1. The second-order valence-corrected chi connectivity index (χ2v) is 6.78. The zero-order valence-corrected chi connectivity index (χ0v) is 16.7. The maximum atomic E-state index is 12.0. The number of nitrogens with one attached hydrogen (secondary N) is 2. The molecule has 1 atom stereocenters. The van der Waals surface area contributed by atoms with E-state index >= 15 is 0 Å². The van der Waals surface area contributed by atoms with Crippen LogP contribution >= 0.6 is 0 Å². The van der Waals surface area contributed by atoms with Crippen LogP contribution in [0, 0.1) is 5.41 Å². The van der Waals surface area contributed by atoms with Gasteiger partial charge >= 0.3 is 12.1 Å². The highest BCUT2D eigenvalue weighted by Crippen LogP contribution is 2.14. The van der Waals surface area contributed by atoms with Gasteiger partial charge in [0.15, 0.2) is 0 Å². The van der Waals surface area contributed by atoms with Gasteiger partial charge in [0.05, 0.1) is 12.4 Å². The van der Waals surface area contributed by atoms with Crippen LogP contribution in [0.2, 0.25) is 0 Å². The molecular formula is C22H27N3O5. The minimum absolute atomic E-state index is 0.0669. The fraction of sp³-hybridized carbons (Fsp3) is 0.318. The Hall–Kier alpha value is -3.55. The van der Waals surface area contributed by atoms with Gasteiger partial charge in [0.2, 0.25) is 0 Å². The van der Waals surface area contributed by atoms with Crippen molar-refractivity contribution in [1.29, 1.82) is 5.41 Å². The fourth-order valence-electron chi connectivity index (χ4n) is 2.67. The van der Waals surface area contributed by atoms with E-state index < -0.39 is 18.1 Å². The molecule has 2 rings (SSSR count). The van der Waals surface area contributed by atoms with Gasteiger partial charge in [-0.2, -0.15) is 0 Å². The summed E-state index contributed by atoms with van der Waals surface area (Å²) in [7, 11) is 0. The molecule has 0 radical (unpaired) electrons. The molecule has 1 unspecified atom stereocenters. The molecule has 0 bridgehead atoms. The first-order chi connectivity index (χ1) is 14.4. The summed E-state index contributed by atoms with van der Waals surface area (Å²) in [5.74, 6) is -0.300. The monoisotopic (exact) mass is 413 g/mol. The van der Waals surface area contributed by atoms with Crippen LogP contribution < -0.4 is 15.8 Å². The number of rotatable bonds is 12. The van der Waals surface area contributed by atoms with Gasteiger partial charge in [-0.3, -0.25) is 5.41 Å². The van der Waals surface area contributed by atoms with Crippen molar-refractivity contribution in [3.63, 3.8) is 0 Å². The zero-order chi connectivity index (χ0) is 21.8. The number of hydrogen-bond donors (Lipinski definition) is 4. The molecule has 0 aromatic heterocycles. The van der Waals surface area contributed by atoms with E-state index in [9.17, 15) is 14.7 Å². The summed E-state index contributed by atoms with van der Waals surface area (Å²) in [6.07, 6.45) is 1.47. The molecule has 0 spiro atoms. The molecule has 8 nitrogen and oxygen atoms in total. The number of nitrogens with two attached hydrogens (primary N) is 1. The molecule has 0 aliphatic heterocycles. The first kappa shape index (κ1) is 22.7. The Kier molecular flexibility index (Phi) is 9.18. The third-order valence-electron chi connectivity index (χ3n) is 4.28. The number of aliphatic carboxylic acids is 1. The fourth-order valence-corrected chi connectivity index (χ4v) is 2.67. The number of amidine groups is 1. The summed E-state index contributed by atoms with van der Waals surface area (Å²) in [6, 6.07) is 15.1. The second kappa shape index (κ2) is 12.1. The number of carboxylic acids is 1. The highest BCUT2D eigenvalue weighted by atomic mass is 16.5. The van der Waals surface area contributed by atoms with Gasteiger partial charge in [0.25, 0.3) is 0 Å². The maximum absolute atomic E-state index is 12.0. The molecule has 0 saturated carbocycles. The standard InChI is InChI=1S/C22H27N3O5/c23-20(24)8-4-5-13-29-18-11-9-16(10-12-18)14-19(21(26)27)25-22(28)30-15-17-6-2-1-3-7-17/h1-3,6-7,9-12,19H,4-5,8,13-15H2,(H3,23,24)(H,25,28)(H,26,27). The summed E-state index contributed by atoms with van der Waals surface area (Å²) in [6.45, 7) is 0.580. The highest BCUT2D eigenvalue weighted by molar-refractivity contribution is 5.80. The Morgan fingerprint density at radius 2 is 1.73 bits per heavy atom. The van der Waals surface area contributed by atoms with Crippen LogP contribution in [0.5, 0.6) is 5.75 Å². The lowest BCUT2D eigenvalue weighted by molar-refractivity contribution is -0.139. The van der Waals surface area contributed by atoms with E-state index in [1.165, 1.54) is 0 Å². The summed E-state index contributed by atoms with van der Waals surface area (Å²) < 4.78 is 10.7. The Bertz CT molecular complexity index is 824. The predicted octanol–water partition coefficient (Wildman–Crippen LogP) is 3.09. The van der Waals surface area contributed by atoms with Gasteiger partial charge in [-0.1, -0.05) is 42.5 Å². The quantitative estimate of drug-likeness (QED) is 0.240. The van der Waals surface area contributed by atoms with Crippen molar-refractivity contribution in [1.82, 2.24) is 5.32 Å². The number of alkyl carbamates (subject to hydrolysis) is 1. The molecule has 160 valence electrons. The van der Waals surface area contributed by atoms with Gasteiger partial charge in [0.1, 0.15) is 18.4 Å². The minimum atomic E-state index is -1.14. The van der Waals surface area contributed by atoms with Gasteiger partial charge in [0, 0.05) is 12.8 Å². The lowest BCUT2D eigenvalue weighted by Gasteiger charge is -2.15. The second-order valence-electron chi connectivity index (χ2n) is 6.78. The summed E-state index contributed by atoms with van der Waals surface area (Å²) >= 11 is 0. The molecule has 30 heavy (non-hydrogen) atoms. The number of carboxylic acid groups (broad SMARTS) is 1. The summed E-state index contributed by atoms with van der Waals surface area (Å²) in [5.41, 5.74) is 6.86. The minimum Gasteiger partial charge on any atom is -0.494 e. The Balaban J connectivity index is 1.79. The van der Waals surface area contributed by atoms with Crippen LogP contribution in [0.3, 0.4) is 0 Å². The molecule has 0 aliphatic carbocycles. The number of unbranched alkanes of at least 4 members (excludes halogenated alkanes) is 1. The molecule has 1 amide bonds. The van der Waals surface area contributed by atoms with Crippen molar-refractivity contribution < 1.29 is 24.2 Å². The number of hydrogen-bond acceptors (Lipinski definition) is 5. The molecule has 0 aliphatic rings. The van der Waals surface area contributed by atoms with Crippen LogP contribution in [-0.2, 0) is 22.6 Å². The average Bonchev–Trinajstić information content (AvgIpc) is 2.73. The smallest absolute Gasteiger partial charge is 0.408 e. The van der Waals surface area contributed by atoms with Crippen LogP contribution in [0.25, 0.3) is 0 Å². The van der Waals surface area contributed by atoms with Crippen LogP contribution in [-0.4, -0.2) is 35.7 Å². The van der Waals surface area contributed by atoms with Crippen molar-refractivity contribution in [2.75, 3.05) is 6.61 Å². The molecule has 0 saturated heterocycles. The van der Waals surface area contributed by atoms with Crippen molar-refractivity contribution in [3.05, 3.63) is 65.7 Å². The van der Waals surface area contributed by atoms with Crippen molar-refractivity contribution >= 4 is 17.9 Å². The zero-order valence-electron chi connectivity index (χ0n) is 16.7. The van der Waals surface area contributed by atoms with E-state index in [0.29, 0.717) is 18.8 Å². The van der Waals surface area contributed by atoms with Crippen LogP contribution in [0.1, 0.15) is 30.4 Å². The van der Waals surface area contributed by atoms with Crippen molar-refractivity contribution in [2.24, 2.45) is 5.73 Å². The molecule has 8 heteroatoms. The number of carbonyl (C=O) groups is 2. The van der Waals surface area contributed by atoms with Gasteiger partial charge in [-0.05, 0) is 36.1 Å². The SMILES string of the molecule is N=C(N)CCCCOc1ccc(CC(NC(=O)OCc2ccccc2)C(=O)O)cc1. The number of benzene rings is 2. The molecule has 2 aromatic rings. The number of ether oxygens (including phenoxy) is 2. The van der Waals surface area contributed by atoms with Gasteiger partial charge < -0.3 is 25.6 Å². The normalized spacial score (nSPS) is 11.3. The van der Waals surface area contributed by atoms with E-state index in [-0.39, 0.29) is 18.9 Å². The molecular weight excluding hydrogens is 386 g/mol. The van der Waals surface area contributed by atoms with E-state index in [0.717, 1.165) is 24.0 Å². The Morgan fingerprint density at radius 3 is 2.37 bits per heavy atom. The van der Waals surface area contributed by atoms with Crippen LogP contribution in [0.4, 0.5) is 4.79 Å². The molecule has 2 aromatic carbocycles. The topological polar surface area (TPSA) is 135 Å². The van der Waals surface area contributed by atoms with Crippen LogP contribution in [0.15, 0.2) is 54.6 Å². The Labute approximate surface area is 175 Å². The average molecular weight is 413 g/mol.